The molecular weight excluding hydrogens is 232 g/mol. The summed E-state index contributed by atoms with van der Waals surface area (Å²) in [6.45, 7) is 0.195. The molecule has 1 heterocycles. The average molecular weight is 241 g/mol. The fourth-order valence-electron chi connectivity index (χ4n) is 1.46. The van der Waals surface area contributed by atoms with E-state index in [-0.39, 0.29) is 23.0 Å². The van der Waals surface area contributed by atoms with Gasteiger partial charge in [0.05, 0.1) is 35.6 Å². The van der Waals surface area contributed by atoms with Crippen molar-refractivity contribution in [2.24, 2.45) is 0 Å². The number of carbonyl (C=O) groups is 2. The first kappa shape index (κ1) is 10.8. The van der Waals surface area contributed by atoms with Crippen molar-refractivity contribution in [3.8, 4) is 0 Å². The first-order valence-corrected chi connectivity index (χ1v) is 4.95. The highest BCUT2D eigenvalue weighted by Gasteiger charge is 2.19. The van der Waals surface area contributed by atoms with Gasteiger partial charge in [-0.2, -0.15) is 0 Å². The van der Waals surface area contributed by atoms with Gasteiger partial charge in [-0.15, -0.1) is 0 Å². The summed E-state index contributed by atoms with van der Waals surface area (Å²) < 4.78 is 4.58. The van der Waals surface area contributed by atoms with Gasteiger partial charge < -0.3 is 15.4 Å². The Hall–Kier alpha value is -1.75. The molecule has 0 atom stereocenters. The molecule has 2 N–H and O–H groups in total. The Bertz CT molecular complexity index is 473. The number of methoxy groups -OCH3 is 1. The van der Waals surface area contributed by atoms with Crippen LogP contribution in [-0.2, 0) is 9.53 Å². The maximum Gasteiger partial charge on any atom is 0.339 e. The van der Waals surface area contributed by atoms with Crippen molar-refractivity contribution in [2.75, 3.05) is 24.3 Å². The Kier molecular flexibility index (Phi) is 2.70. The lowest BCUT2D eigenvalue weighted by Gasteiger charge is -2.19. The van der Waals surface area contributed by atoms with E-state index in [1.54, 1.807) is 6.07 Å². The zero-order chi connectivity index (χ0) is 11.7. The molecule has 1 aliphatic rings. The molecule has 0 fully saturated rings. The van der Waals surface area contributed by atoms with E-state index in [4.69, 9.17) is 11.6 Å². The molecule has 0 aliphatic carbocycles. The van der Waals surface area contributed by atoms with Crippen molar-refractivity contribution in [2.45, 2.75) is 0 Å². The summed E-state index contributed by atoms with van der Waals surface area (Å²) in [5.41, 5.74) is 1.45. The molecule has 0 saturated heterocycles. The number of esters is 1. The number of hydrogen-bond acceptors (Lipinski definition) is 4. The molecule has 1 aromatic carbocycles. The van der Waals surface area contributed by atoms with Crippen LogP contribution in [0.4, 0.5) is 11.4 Å². The lowest BCUT2D eigenvalue weighted by atomic mass is 10.1. The minimum Gasteiger partial charge on any atom is -0.465 e. The summed E-state index contributed by atoms with van der Waals surface area (Å²) in [4.78, 5) is 22.5. The van der Waals surface area contributed by atoms with Crippen LogP contribution in [0.1, 0.15) is 10.4 Å². The van der Waals surface area contributed by atoms with Crippen LogP contribution in [0.15, 0.2) is 12.1 Å². The largest absolute Gasteiger partial charge is 0.465 e. The van der Waals surface area contributed by atoms with Crippen LogP contribution in [0.25, 0.3) is 0 Å². The van der Waals surface area contributed by atoms with E-state index in [2.05, 4.69) is 15.4 Å². The summed E-state index contributed by atoms with van der Waals surface area (Å²) >= 11 is 5.92. The highest BCUT2D eigenvalue weighted by molar-refractivity contribution is 6.34. The Morgan fingerprint density at radius 2 is 2.19 bits per heavy atom. The molecule has 0 bridgehead atoms. The number of ether oxygens (including phenoxy) is 1. The second kappa shape index (κ2) is 4.02. The molecule has 0 radical (unpaired) electrons. The molecule has 0 spiro atoms. The molecule has 2 rings (SSSR count). The molecule has 1 amide bonds. The van der Waals surface area contributed by atoms with Gasteiger partial charge in [0, 0.05) is 0 Å². The van der Waals surface area contributed by atoms with Crippen LogP contribution in [0.2, 0.25) is 5.02 Å². The summed E-state index contributed by atoms with van der Waals surface area (Å²) in [7, 11) is 1.27. The number of halogens is 1. The highest BCUT2D eigenvalue weighted by Crippen LogP contribution is 2.31. The van der Waals surface area contributed by atoms with Crippen molar-refractivity contribution in [1.82, 2.24) is 0 Å². The second-order valence-electron chi connectivity index (χ2n) is 3.27. The zero-order valence-electron chi connectivity index (χ0n) is 8.46. The molecule has 0 aromatic heterocycles. The topological polar surface area (TPSA) is 67.4 Å². The lowest BCUT2D eigenvalue weighted by molar-refractivity contribution is -0.114. The third-order valence-electron chi connectivity index (χ3n) is 2.23. The standard InChI is InChI=1S/C10H9ClN2O3/c1-16-10(15)5-2-8-7(3-6(5)11)12-4-9(14)13-8/h2-3,12H,4H2,1H3,(H,13,14). The number of benzene rings is 1. The van der Waals surface area contributed by atoms with Gasteiger partial charge >= 0.3 is 5.97 Å². The molecule has 5 nitrogen and oxygen atoms in total. The van der Waals surface area contributed by atoms with Gasteiger partial charge in [-0.1, -0.05) is 11.6 Å². The van der Waals surface area contributed by atoms with Crippen LogP contribution in [0.3, 0.4) is 0 Å². The maximum absolute atomic E-state index is 11.4. The number of fused-ring (bicyclic) bond motifs is 1. The zero-order valence-corrected chi connectivity index (χ0v) is 9.22. The normalized spacial score (nSPS) is 13.5. The number of amides is 1. The summed E-state index contributed by atoms with van der Waals surface area (Å²) in [5, 5.41) is 5.81. The van der Waals surface area contributed by atoms with E-state index < -0.39 is 5.97 Å². The minimum atomic E-state index is -0.535. The molecule has 1 aromatic rings. The summed E-state index contributed by atoms with van der Waals surface area (Å²) in [5.74, 6) is -0.696. The van der Waals surface area contributed by atoms with Crippen LogP contribution in [0.5, 0.6) is 0 Å². The molecular formula is C10H9ClN2O3. The first-order chi connectivity index (χ1) is 7.61. The van der Waals surface area contributed by atoms with Crippen molar-refractivity contribution in [3.63, 3.8) is 0 Å². The van der Waals surface area contributed by atoms with Gasteiger partial charge in [0.1, 0.15) is 0 Å². The molecule has 0 unspecified atom stereocenters. The van der Waals surface area contributed by atoms with Crippen LogP contribution < -0.4 is 10.6 Å². The Labute approximate surface area is 96.7 Å². The number of hydrogen-bond donors (Lipinski definition) is 2. The summed E-state index contributed by atoms with van der Waals surface area (Å²) in [6.07, 6.45) is 0. The third-order valence-corrected chi connectivity index (χ3v) is 2.54. The van der Waals surface area contributed by atoms with Crippen molar-refractivity contribution < 1.29 is 14.3 Å². The number of anilines is 2. The van der Waals surface area contributed by atoms with Crippen LogP contribution in [0, 0.1) is 0 Å². The van der Waals surface area contributed by atoms with Gasteiger partial charge in [-0.05, 0) is 12.1 Å². The fraction of sp³-hybridized carbons (Fsp3) is 0.200. The molecule has 84 valence electrons. The molecule has 6 heteroatoms. The predicted molar refractivity (Wildman–Crippen MR) is 59.9 cm³/mol. The smallest absolute Gasteiger partial charge is 0.339 e. The van der Waals surface area contributed by atoms with E-state index >= 15 is 0 Å². The second-order valence-corrected chi connectivity index (χ2v) is 3.68. The van der Waals surface area contributed by atoms with Crippen molar-refractivity contribution in [1.29, 1.82) is 0 Å². The number of nitrogens with one attached hydrogen (secondary N) is 2. The Morgan fingerprint density at radius 1 is 1.44 bits per heavy atom. The third kappa shape index (κ3) is 1.81. The maximum atomic E-state index is 11.4. The van der Waals surface area contributed by atoms with E-state index in [1.807, 2.05) is 0 Å². The molecule has 0 saturated carbocycles. The number of carbonyl (C=O) groups excluding carboxylic acids is 2. The van der Waals surface area contributed by atoms with Gasteiger partial charge in [0.2, 0.25) is 5.91 Å². The molecule has 1 aliphatic heterocycles. The van der Waals surface area contributed by atoms with E-state index in [1.165, 1.54) is 13.2 Å². The van der Waals surface area contributed by atoms with Gasteiger partial charge in [-0.3, -0.25) is 4.79 Å². The average Bonchev–Trinajstić information content (AvgIpc) is 2.28. The van der Waals surface area contributed by atoms with E-state index in [9.17, 15) is 9.59 Å². The van der Waals surface area contributed by atoms with Crippen LogP contribution >= 0.6 is 11.6 Å². The molecule has 16 heavy (non-hydrogen) atoms. The minimum absolute atomic E-state index is 0.161. The van der Waals surface area contributed by atoms with Crippen molar-refractivity contribution in [3.05, 3.63) is 22.7 Å². The highest BCUT2D eigenvalue weighted by atomic mass is 35.5. The fourth-order valence-corrected chi connectivity index (χ4v) is 1.70. The van der Waals surface area contributed by atoms with Gasteiger partial charge in [-0.25, -0.2) is 4.79 Å². The monoisotopic (exact) mass is 240 g/mol. The SMILES string of the molecule is COC(=O)c1cc2c(cc1Cl)NCC(=O)N2. The van der Waals surface area contributed by atoms with E-state index in [0.29, 0.717) is 11.4 Å². The van der Waals surface area contributed by atoms with Gasteiger partial charge in [0.15, 0.2) is 0 Å². The lowest BCUT2D eigenvalue weighted by Crippen LogP contribution is -2.27. The van der Waals surface area contributed by atoms with Crippen molar-refractivity contribution >= 4 is 34.9 Å². The first-order valence-electron chi connectivity index (χ1n) is 4.57. The van der Waals surface area contributed by atoms with E-state index in [0.717, 1.165) is 0 Å². The predicted octanol–water partition coefficient (Wildman–Crippen LogP) is 1.49. The summed E-state index contributed by atoms with van der Waals surface area (Å²) in [6, 6.07) is 3.08. The quantitative estimate of drug-likeness (QED) is 0.730. The number of rotatable bonds is 1. The van der Waals surface area contributed by atoms with Crippen LogP contribution in [-0.4, -0.2) is 25.5 Å². The Morgan fingerprint density at radius 3 is 2.88 bits per heavy atom. The Balaban J connectivity index is 2.46. The van der Waals surface area contributed by atoms with Gasteiger partial charge in [0.25, 0.3) is 0 Å².